The molecule has 4 heterocycles. The van der Waals surface area contributed by atoms with Gasteiger partial charge in [0.05, 0.1) is 0 Å². The van der Waals surface area contributed by atoms with Gasteiger partial charge in [0.2, 0.25) is 0 Å². The normalized spacial score (nSPS) is 25.7. The molecule has 0 radical (unpaired) electrons. The van der Waals surface area contributed by atoms with Crippen molar-refractivity contribution in [2.24, 2.45) is 0 Å². The predicted molar refractivity (Wildman–Crippen MR) is 114 cm³/mol. The van der Waals surface area contributed by atoms with E-state index in [0.717, 1.165) is 44.4 Å². The largest absolute Gasteiger partial charge is 0.444 e. The van der Waals surface area contributed by atoms with E-state index < -0.39 is 5.60 Å². The Morgan fingerprint density at radius 2 is 1.81 bits per heavy atom. The number of aromatic nitrogens is 2. The summed E-state index contributed by atoms with van der Waals surface area (Å²) in [7, 11) is 2.13. The zero-order chi connectivity index (χ0) is 19.3. The van der Waals surface area contributed by atoms with Crippen molar-refractivity contribution in [3.05, 3.63) is 3.92 Å². The Labute approximate surface area is 176 Å². The minimum absolute atomic E-state index is 0.151. The molecule has 148 valence electrons. The van der Waals surface area contributed by atoms with Crippen LogP contribution < -0.4 is 4.90 Å². The topological polar surface area (TPSA) is 58.6 Å². The number of hydrogen-bond donors (Lipinski definition) is 0. The van der Waals surface area contributed by atoms with Crippen LogP contribution in [0.25, 0.3) is 9.66 Å². The highest BCUT2D eigenvalue weighted by atomic mass is 79.9. The molecule has 27 heavy (non-hydrogen) atoms. The van der Waals surface area contributed by atoms with Crippen molar-refractivity contribution in [1.29, 1.82) is 0 Å². The van der Waals surface area contributed by atoms with Crippen molar-refractivity contribution >= 4 is 59.5 Å². The molecule has 1 amide bonds. The number of ether oxygens (including phenoxy) is 1. The highest BCUT2D eigenvalue weighted by Crippen LogP contribution is 2.40. The predicted octanol–water partition coefficient (Wildman–Crippen LogP) is 5.27. The summed E-state index contributed by atoms with van der Waals surface area (Å²) in [6.45, 7) is 5.80. The standard InChI is InChI=1S/C18H25BrN4O2S2/c1-18(2,3)25-17(24)23-10-6-5-7-11(23)9-12(8-10)22(4)16-21-14-13(27-16)20-15(19)26-14/h10-12H,5-9H2,1-4H3/t10-,11+,12?. The SMILES string of the molecule is CN(c1nc2sc(Br)nc2s1)C1C[C@H]2CCC[C@@H](C1)N2C(=O)OC(C)(C)C. The first kappa shape index (κ1) is 19.4. The Hall–Kier alpha value is -0.930. The summed E-state index contributed by atoms with van der Waals surface area (Å²) in [4.78, 5) is 28.3. The molecule has 2 aromatic rings. The summed E-state index contributed by atoms with van der Waals surface area (Å²) in [5.74, 6) is 0. The molecule has 0 N–H and O–H groups in total. The number of halogens is 1. The monoisotopic (exact) mass is 472 g/mol. The van der Waals surface area contributed by atoms with E-state index in [-0.39, 0.29) is 18.2 Å². The van der Waals surface area contributed by atoms with Crippen LogP contribution in [0.4, 0.5) is 9.93 Å². The third kappa shape index (κ3) is 3.96. The van der Waals surface area contributed by atoms with Crippen molar-refractivity contribution < 1.29 is 9.53 Å². The van der Waals surface area contributed by atoms with Gasteiger partial charge in [0.15, 0.2) is 18.7 Å². The Balaban J connectivity index is 1.50. The molecule has 2 saturated heterocycles. The Bertz CT molecular complexity index is 801. The van der Waals surface area contributed by atoms with Gasteiger partial charge < -0.3 is 14.5 Å². The lowest BCUT2D eigenvalue weighted by Gasteiger charge is -2.50. The summed E-state index contributed by atoms with van der Waals surface area (Å²) >= 11 is 6.64. The van der Waals surface area contributed by atoms with Crippen LogP contribution in [-0.4, -0.2) is 51.7 Å². The zero-order valence-electron chi connectivity index (χ0n) is 16.1. The van der Waals surface area contributed by atoms with Crippen molar-refractivity contribution in [3.63, 3.8) is 0 Å². The molecule has 0 aromatic carbocycles. The molecule has 2 bridgehead atoms. The second kappa shape index (κ2) is 7.15. The number of fused-ring (bicyclic) bond motifs is 3. The van der Waals surface area contributed by atoms with E-state index in [0.29, 0.717) is 6.04 Å². The molecule has 0 aliphatic carbocycles. The molecule has 0 saturated carbocycles. The minimum Gasteiger partial charge on any atom is -0.444 e. The number of amides is 1. The first-order valence-corrected chi connectivity index (χ1v) is 11.8. The summed E-state index contributed by atoms with van der Waals surface area (Å²) in [6.07, 6.45) is 5.09. The van der Waals surface area contributed by atoms with Crippen LogP contribution in [0.3, 0.4) is 0 Å². The van der Waals surface area contributed by atoms with Gasteiger partial charge in [0, 0.05) is 25.2 Å². The van der Waals surface area contributed by atoms with Gasteiger partial charge in [-0.15, -0.1) is 0 Å². The number of hydrogen-bond acceptors (Lipinski definition) is 7. The molecule has 2 aromatic heterocycles. The van der Waals surface area contributed by atoms with Crippen molar-refractivity contribution in [3.8, 4) is 0 Å². The smallest absolute Gasteiger partial charge is 0.410 e. The molecular formula is C18H25BrN4O2S2. The Kier molecular flexibility index (Phi) is 5.13. The molecule has 2 aliphatic heterocycles. The second-order valence-electron chi connectivity index (χ2n) is 8.44. The third-order valence-electron chi connectivity index (χ3n) is 5.34. The first-order valence-electron chi connectivity index (χ1n) is 9.38. The summed E-state index contributed by atoms with van der Waals surface area (Å²) in [6, 6.07) is 0.906. The molecule has 9 heteroatoms. The van der Waals surface area contributed by atoms with Crippen LogP contribution >= 0.6 is 38.6 Å². The quantitative estimate of drug-likeness (QED) is 0.595. The number of piperidine rings is 2. The van der Waals surface area contributed by atoms with Crippen LogP contribution in [0.2, 0.25) is 0 Å². The lowest BCUT2D eigenvalue weighted by atomic mass is 9.81. The number of carbonyl (C=O) groups excluding carboxylic acids is 1. The Morgan fingerprint density at radius 3 is 2.41 bits per heavy atom. The van der Waals surface area contributed by atoms with Gasteiger partial charge >= 0.3 is 6.09 Å². The van der Waals surface area contributed by atoms with E-state index >= 15 is 0 Å². The van der Waals surface area contributed by atoms with E-state index in [1.807, 2.05) is 25.7 Å². The second-order valence-corrected chi connectivity index (χ2v) is 11.6. The van der Waals surface area contributed by atoms with Gasteiger partial charge in [-0.1, -0.05) is 22.7 Å². The Morgan fingerprint density at radius 1 is 1.19 bits per heavy atom. The molecule has 2 fully saturated rings. The molecule has 2 aliphatic rings. The van der Waals surface area contributed by atoms with Crippen molar-refractivity contribution in [2.75, 3.05) is 11.9 Å². The first-order chi connectivity index (χ1) is 12.7. The summed E-state index contributed by atoms with van der Waals surface area (Å²) in [5.41, 5.74) is -0.451. The average Bonchev–Trinajstić information content (AvgIpc) is 3.08. The van der Waals surface area contributed by atoms with Crippen LogP contribution in [0, 0.1) is 0 Å². The zero-order valence-corrected chi connectivity index (χ0v) is 19.3. The lowest BCUT2D eigenvalue weighted by Crippen LogP contribution is -2.59. The van der Waals surface area contributed by atoms with Gasteiger partial charge in [-0.05, 0) is 68.8 Å². The minimum atomic E-state index is -0.451. The molecule has 1 unspecified atom stereocenters. The van der Waals surface area contributed by atoms with Gasteiger partial charge in [0.1, 0.15) is 5.60 Å². The van der Waals surface area contributed by atoms with Crippen molar-refractivity contribution in [2.45, 2.75) is 76.6 Å². The van der Waals surface area contributed by atoms with Gasteiger partial charge in [-0.25, -0.2) is 14.8 Å². The summed E-state index contributed by atoms with van der Waals surface area (Å²) < 4.78 is 6.57. The van der Waals surface area contributed by atoms with Gasteiger partial charge in [-0.3, -0.25) is 0 Å². The van der Waals surface area contributed by atoms with E-state index in [9.17, 15) is 4.79 Å². The van der Waals surface area contributed by atoms with E-state index in [2.05, 4.69) is 32.9 Å². The summed E-state index contributed by atoms with van der Waals surface area (Å²) in [5, 5.41) is 1.02. The lowest BCUT2D eigenvalue weighted by molar-refractivity contribution is -0.0213. The highest BCUT2D eigenvalue weighted by Gasteiger charge is 2.43. The fraction of sp³-hybridized carbons (Fsp3) is 0.722. The molecule has 3 atom stereocenters. The third-order valence-corrected chi connectivity index (χ3v) is 7.91. The molecule has 0 spiro atoms. The fourth-order valence-corrected chi connectivity index (χ4v) is 6.75. The highest BCUT2D eigenvalue weighted by molar-refractivity contribution is 9.11. The van der Waals surface area contributed by atoms with Crippen LogP contribution in [0.1, 0.15) is 52.9 Å². The van der Waals surface area contributed by atoms with Crippen LogP contribution in [-0.2, 0) is 4.74 Å². The maximum Gasteiger partial charge on any atom is 0.410 e. The maximum atomic E-state index is 12.8. The molecule has 6 nitrogen and oxygen atoms in total. The fourth-order valence-electron chi connectivity index (χ4n) is 4.20. The molecular weight excluding hydrogens is 448 g/mol. The number of carbonyl (C=O) groups is 1. The number of anilines is 1. The number of nitrogens with zero attached hydrogens (tertiary/aromatic N) is 4. The van der Waals surface area contributed by atoms with E-state index in [4.69, 9.17) is 9.72 Å². The maximum absolute atomic E-state index is 12.8. The van der Waals surface area contributed by atoms with E-state index in [1.165, 1.54) is 6.42 Å². The van der Waals surface area contributed by atoms with Gasteiger partial charge in [-0.2, -0.15) is 0 Å². The van der Waals surface area contributed by atoms with Crippen LogP contribution in [0.15, 0.2) is 3.92 Å². The van der Waals surface area contributed by atoms with Gasteiger partial charge in [0.25, 0.3) is 0 Å². The van der Waals surface area contributed by atoms with Crippen LogP contribution in [0.5, 0.6) is 0 Å². The molecule has 4 rings (SSSR count). The van der Waals surface area contributed by atoms with E-state index in [1.54, 1.807) is 22.7 Å². The number of rotatable bonds is 2. The average molecular weight is 473 g/mol. The van der Waals surface area contributed by atoms with Crippen molar-refractivity contribution in [1.82, 2.24) is 14.9 Å². The number of thiazole rings is 2.